The molecular weight excluding hydrogens is 274 g/mol. The first-order valence-electron chi connectivity index (χ1n) is 6.55. The molecule has 2 rings (SSSR count). The molecular formula is C14H15F4NO. The molecule has 0 unspecified atom stereocenters. The maximum Gasteiger partial charge on any atom is 0.419 e. The van der Waals surface area contributed by atoms with Crippen LogP contribution in [0.1, 0.15) is 41.6 Å². The average Bonchev–Trinajstić information content (AvgIpc) is 2.66. The summed E-state index contributed by atoms with van der Waals surface area (Å²) in [5.41, 5.74) is -1.50. The summed E-state index contributed by atoms with van der Waals surface area (Å²) in [5, 5.41) is 0. The molecule has 0 aromatic heterocycles. The molecule has 1 aliphatic heterocycles. The molecule has 20 heavy (non-hydrogen) atoms. The van der Waals surface area contributed by atoms with Crippen molar-refractivity contribution in [2.45, 2.75) is 31.9 Å². The van der Waals surface area contributed by atoms with Gasteiger partial charge in [-0.2, -0.15) is 13.2 Å². The van der Waals surface area contributed by atoms with E-state index < -0.39 is 23.5 Å². The van der Waals surface area contributed by atoms with Crippen LogP contribution in [-0.4, -0.2) is 23.9 Å². The Morgan fingerprint density at radius 2 is 1.65 bits per heavy atom. The molecule has 0 aliphatic carbocycles. The second-order valence-corrected chi connectivity index (χ2v) is 4.90. The molecule has 0 bridgehead atoms. The van der Waals surface area contributed by atoms with Crippen molar-refractivity contribution >= 4 is 5.91 Å². The van der Waals surface area contributed by atoms with Gasteiger partial charge in [0.2, 0.25) is 0 Å². The van der Waals surface area contributed by atoms with Crippen LogP contribution in [-0.2, 0) is 6.18 Å². The Morgan fingerprint density at radius 1 is 1.05 bits per heavy atom. The van der Waals surface area contributed by atoms with Gasteiger partial charge in [-0.25, -0.2) is 4.39 Å². The maximum absolute atomic E-state index is 13.2. The second-order valence-electron chi connectivity index (χ2n) is 4.90. The lowest BCUT2D eigenvalue weighted by Crippen LogP contribution is -2.32. The summed E-state index contributed by atoms with van der Waals surface area (Å²) in [4.78, 5) is 13.7. The summed E-state index contributed by atoms with van der Waals surface area (Å²) in [6, 6.07) is 2.41. The molecule has 6 heteroatoms. The van der Waals surface area contributed by atoms with Crippen molar-refractivity contribution < 1.29 is 22.4 Å². The minimum atomic E-state index is -4.79. The van der Waals surface area contributed by atoms with E-state index >= 15 is 0 Å². The molecule has 0 saturated carbocycles. The van der Waals surface area contributed by atoms with Gasteiger partial charge in [-0.1, -0.05) is 12.8 Å². The van der Waals surface area contributed by atoms with Crippen molar-refractivity contribution in [2.75, 3.05) is 13.1 Å². The minimum Gasteiger partial charge on any atom is -0.339 e. The van der Waals surface area contributed by atoms with E-state index in [0.717, 1.165) is 31.7 Å². The van der Waals surface area contributed by atoms with Crippen LogP contribution in [0.15, 0.2) is 18.2 Å². The van der Waals surface area contributed by atoms with Crippen LogP contribution in [0.25, 0.3) is 0 Å². The Morgan fingerprint density at radius 3 is 2.20 bits per heavy atom. The quantitative estimate of drug-likeness (QED) is 0.719. The normalized spacial score (nSPS) is 16.9. The van der Waals surface area contributed by atoms with Gasteiger partial charge in [0.1, 0.15) is 5.82 Å². The lowest BCUT2D eigenvalue weighted by atomic mass is 10.1. The predicted octanol–water partition coefficient (Wildman–Crippen LogP) is 3.86. The Labute approximate surface area is 114 Å². The molecule has 110 valence electrons. The van der Waals surface area contributed by atoms with Crippen LogP contribution in [0.5, 0.6) is 0 Å². The third kappa shape index (κ3) is 3.29. The average molecular weight is 289 g/mol. The number of halogens is 4. The number of hydrogen-bond donors (Lipinski definition) is 0. The number of carbonyl (C=O) groups excluding carboxylic acids is 1. The number of alkyl halides is 3. The zero-order chi connectivity index (χ0) is 14.8. The number of amides is 1. The molecule has 2 nitrogen and oxygen atoms in total. The molecule has 0 atom stereocenters. The summed E-state index contributed by atoms with van der Waals surface area (Å²) >= 11 is 0. The van der Waals surface area contributed by atoms with E-state index in [-0.39, 0.29) is 5.56 Å². The van der Waals surface area contributed by atoms with Crippen LogP contribution >= 0.6 is 0 Å². The zero-order valence-electron chi connectivity index (χ0n) is 10.8. The van der Waals surface area contributed by atoms with Crippen molar-refractivity contribution in [1.29, 1.82) is 0 Å². The van der Waals surface area contributed by atoms with Gasteiger partial charge in [0.15, 0.2) is 0 Å². The van der Waals surface area contributed by atoms with Crippen molar-refractivity contribution in [3.8, 4) is 0 Å². The van der Waals surface area contributed by atoms with Gasteiger partial charge in [0.05, 0.1) is 5.56 Å². The highest BCUT2D eigenvalue weighted by Gasteiger charge is 2.35. The summed E-state index contributed by atoms with van der Waals surface area (Å²) in [6.07, 6.45) is -1.07. The van der Waals surface area contributed by atoms with E-state index in [0.29, 0.717) is 25.2 Å². The highest BCUT2D eigenvalue weighted by atomic mass is 19.4. The standard InChI is InChI=1S/C14H15F4NO/c15-12-6-5-10(9-11(12)14(16,17)18)13(20)19-7-3-1-2-4-8-19/h5-6,9H,1-4,7-8H2. The Bertz CT molecular complexity index is 490. The first-order chi connectivity index (χ1) is 9.39. The van der Waals surface area contributed by atoms with Crippen molar-refractivity contribution in [1.82, 2.24) is 4.90 Å². The molecule has 0 N–H and O–H groups in total. The molecule has 1 aromatic carbocycles. The fraction of sp³-hybridized carbons (Fsp3) is 0.500. The molecule has 0 spiro atoms. The van der Waals surface area contributed by atoms with Crippen LogP contribution < -0.4 is 0 Å². The summed E-state index contributed by atoms with van der Waals surface area (Å²) < 4.78 is 51.1. The fourth-order valence-electron chi connectivity index (χ4n) is 2.33. The summed E-state index contributed by atoms with van der Waals surface area (Å²) in [7, 11) is 0. The van der Waals surface area contributed by atoms with Crippen LogP contribution in [0.4, 0.5) is 17.6 Å². The second kappa shape index (κ2) is 5.81. The lowest BCUT2D eigenvalue weighted by molar-refractivity contribution is -0.140. The first kappa shape index (κ1) is 14.8. The highest BCUT2D eigenvalue weighted by molar-refractivity contribution is 5.94. The van der Waals surface area contributed by atoms with E-state index in [9.17, 15) is 22.4 Å². The molecule has 1 fully saturated rings. The van der Waals surface area contributed by atoms with Gasteiger partial charge in [-0.05, 0) is 31.0 Å². The largest absolute Gasteiger partial charge is 0.419 e. The Kier molecular flexibility index (Phi) is 4.30. The van der Waals surface area contributed by atoms with E-state index in [1.807, 2.05) is 0 Å². The van der Waals surface area contributed by atoms with Crippen LogP contribution in [0.3, 0.4) is 0 Å². The van der Waals surface area contributed by atoms with Crippen molar-refractivity contribution in [2.24, 2.45) is 0 Å². The monoisotopic (exact) mass is 289 g/mol. The van der Waals surface area contributed by atoms with Gasteiger partial charge in [0.25, 0.3) is 5.91 Å². The lowest BCUT2D eigenvalue weighted by Gasteiger charge is -2.21. The van der Waals surface area contributed by atoms with E-state index in [2.05, 4.69) is 0 Å². The number of carbonyl (C=O) groups is 1. The fourth-order valence-corrected chi connectivity index (χ4v) is 2.33. The minimum absolute atomic E-state index is 0.111. The molecule has 1 heterocycles. The SMILES string of the molecule is O=C(c1ccc(F)c(C(F)(F)F)c1)N1CCCCCC1. The smallest absolute Gasteiger partial charge is 0.339 e. The number of hydrogen-bond acceptors (Lipinski definition) is 1. The van der Waals surface area contributed by atoms with Gasteiger partial charge < -0.3 is 4.90 Å². The predicted molar refractivity (Wildman–Crippen MR) is 65.8 cm³/mol. The number of likely N-dealkylation sites (tertiary alicyclic amines) is 1. The molecule has 1 saturated heterocycles. The molecule has 1 aromatic rings. The Balaban J connectivity index is 2.26. The van der Waals surface area contributed by atoms with Gasteiger partial charge in [-0.3, -0.25) is 4.79 Å². The number of benzene rings is 1. The van der Waals surface area contributed by atoms with Gasteiger partial charge in [0, 0.05) is 18.7 Å². The van der Waals surface area contributed by atoms with Crippen molar-refractivity contribution in [3.63, 3.8) is 0 Å². The summed E-state index contributed by atoms with van der Waals surface area (Å²) in [5.74, 6) is -1.82. The zero-order valence-corrected chi connectivity index (χ0v) is 10.8. The third-order valence-corrected chi connectivity index (χ3v) is 3.41. The summed E-state index contributed by atoms with van der Waals surface area (Å²) in [6.45, 7) is 1.08. The van der Waals surface area contributed by atoms with E-state index in [4.69, 9.17) is 0 Å². The van der Waals surface area contributed by atoms with E-state index in [1.165, 1.54) is 0 Å². The van der Waals surface area contributed by atoms with Gasteiger partial charge >= 0.3 is 6.18 Å². The number of nitrogens with zero attached hydrogens (tertiary/aromatic N) is 1. The topological polar surface area (TPSA) is 20.3 Å². The van der Waals surface area contributed by atoms with Crippen LogP contribution in [0.2, 0.25) is 0 Å². The third-order valence-electron chi connectivity index (χ3n) is 3.41. The van der Waals surface area contributed by atoms with Crippen LogP contribution in [0, 0.1) is 5.82 Å². The number of rotatable bonds is 1. The molecule has 1 amide bonds. The maximum atomic E-state index is 13.2. The molecule has 0 radical (unpaired) electrons. The van der Waals surface area contributed by atoms with Crippen molar-refractivity contribution in [3.05, 3.63) is 35.1 Å². The van der Waals surface area contributed by atoms with E-state index in [1.54, 1.807) is 4.90 Å². The van der Waals surface area contributed by atoms with Gasteiger partial charge in [-0.15, -0.1) is 0 Å². The molecule has 1 aliphatic rings. The highest BCUT2D eigenvalue weighted by Crippen LogP contribution is 2.32. The first-order valence-corrected chi connectivity index (χ1v) is 6.55. The Hall–Kier alpha value is -1.59.